The topological polar surface area (TPSA) is 24.5 Å². The molecule has 3 nitrogen and oxygen atoms in total. The van der Waals surface area contributed by atoms with E-state index in [9.17, 15) is 4.39 Å². The van der Waals surface area contributed by atoms with Crippen molar-refractivity contribution in [2.45, 2.75) is 32.7 Å². The van der Waals surface area contributed by atoms with E-state index in [1.165, 1.54) is 12.5 Å². The Balaban J connectivity index is 2.71. The molecule has 120 valence electrons. The third-order valence-corrected chi connectivity index (χ3v) is 4.05. The molecule has 1 aromatic carbocycles. The molecule has 1 N–H and O–H groups in total. The summed E-state index contributed by atoms with van der Waals surface area (Å²) in [5.41, 5.74) is 0.624. The van der Waals surface area contributed by atoms with Crippen LogP contribution in [0.3, 0.4) is 0 Å². The molecular weight excluding hydrogens is 267 g/mol. The number of ether oxygens (including phenoxy) is 1. The Hall–Kier alpha value is -1.13. The van der Waals surface area contributed by atoms with Crippen molar-refractivity contribution in [1.29, 1.82) is 0 Å². The van der Waals surface area contributed by atoms with Crippen LogP contribution in [0.1, 0.15) is 38.3 Å². The van der Waals surface area contributed by atoms with Crippen molar-refractivity contribution in [3.63, 3.8) is 0 Å². The van der Waals surface area contributed by atoms with Crippen LogP contribution in [0.2, 0.25) is 0 Å². The van der Waals surface area contributed by atoms with Gasteiger partial charge in [0, 0.05) is 18.2 Å². The third-order valence-electron chi connectivity index (χ3n) is 4.05. The van der Waals surface area contributed by atoms with Gasteiger partial charge in [-0.3, -0.25) is 0 Å². The molecule has 0 amide bonds. The average molecular weight is 296 g/mol. The van der Waals surface area contributed by atoms with Crippen molar-refractivity contribution in [2.24, 2.45) is 5.92 Å². The van der Waals surface area contributed by atoms with Crippen LogP contribution in [0.15, 0.2) is 18.2 Å². The predicted molar refractivity (Wildman–Crippen MR) is 86.3 cm³/mol. The zero-order chi connectivity index (χ0) is 15.8. The maximum Gasteiger partial charge on any atom is 0.131 e. The summed E-state index contributed by atoms with van der Waals surface area (Å²) in [7, 11) is 5.57. The lowest BCUT2D eigenvalue weighted by molar-refractivity contribution is 0.265. The van der Waals surface area contributed by atoms with Gasteiger partial charge in [-0.05, 0) is 45.1 Å². The molecule has 1 aromatic rings. The number of hydrogen-bond acceptors (Lipinski definition) is 3. The molecule has 0 saturated carbocycles. The highest BCUT2D eigenvalue weighted by Gasteiger charge is 2.19. The first-order chi connectivity index (χ1) is 10.0. The van der Waals surface area contributed by atoms with Crippen LogP contribution in [0.4, 0.5) is 4.39 Å². The van der Waals surface area contributed by atoms with Crippen LogP contribution in [0, 0.1) is 11.7 Å². The van der Waals surface area contributed by atoms with Gasteiger partial charge in [-0.2, -0.15) is 0 Å². The number of halogens is 1. The Bertz CT molecular complexity index is 425. The third kappa shape index (κ3) is 5.29. The van der Waals surface area contributed by atoms with E-state index in [0.717, 1.165) is 19.5 Å². The number of rotatable bonds is 9. The largest absolute Gasteiger partial charge is 0.496 e. The van der Waals surface area contributed by atoms with Crippen molar-refractivity contribution >= 4 is 0 Å². The Morgan fingerprint density at radius 1 is 1.38 bits per heavy atom. The Morgan fingerprint density at radius 2 is 2.10 bits per heavy atom. The SMILES string of the molecule is CCC(C)CN(C)CCC(NC)c1c(F)cccc1OC. The first-order valence-electron chi connectivity index (χ1n) is 7.71. The van der Waals surface area contributed by atoms with Crippen LogP contribution < -0.4 is 10.1 Å². The van der Waals surface area contributed by atoms with Gasteiger partial charge in [0.1, 0.15) is 11.6 Å². The van der Waals surface area contributed by atoms with E-state index in [1.54, 1.807) is 13.2 Å². The summed E-state index contributed by atoms with van der Waals surface area (Å²) in [6.45, 7) is 6.46. The van der Waals surface area contributed by atoms with E-state index in [4.69, 9.17) is 4.74 Å². The van der Waals surface area contributed by atoms with Gasteiger partial charge in [0.15, 0.2) is 0 Å². The Morgan fingerprint density at radius 3 is 2.67 bits per heavy atom. The molecule has 21 heavy (non-hydrogen) atoms. The van der Waals surface area contributed by atoms with Gasteiger partial charge in [-0.25, -0.2) is 4.39 Å². The zero-order valence-corrected chi connectivity index (χ0v) is 13.9. The van der Waals surface area contributed by atoms with Crippen molar-refractivity contribution in [2.75, 3.05) is 34.3 Å². The molecular formula is C17H29FN2O. The summed E-state index contributed by atoms with van der Waals surface area (Å²) >= 11 is 0. The zero-order valence-electron chi connectivity index (χ0n) is 13.9. The highest BCUT2D eigenvalue weighted by Crippen LogP contribution is 2.29. The standard InChI is InChI=1S/C17H29FN2O/c1-6-13(2)12-20(4)11-10-15(19-3)17-14(18)8-7-9-16(17)21-5/h7-9,13,15,19H,6,10-12H2,1-5H3. The van der Waals surface area contributed by atoms with Gasteiger partial charge >= 0.3 is 0 Å². The molecule has 1 rings (SSSR count). The van der Waals surface area contributed by atoms with Crippen molar-refractivity contribution in [1.82, 2.24) is 10.2 Å². The van der Waals surface area contributed by atoms with E-state index in [2.05, 4.69) is 31.1 Å². The number of nitrogens with zero attached hydrogens (tertiary/aromatic N) is 1. The fraction of sp³-hybridized carbons (Fsp3) is 0.647. The molecule has 4 heteroatoms. The van der Waals surface area contributed by atoms with Crippen LogP contribution in [-0.2, 0) is 0 Å². The van der Waals surface area contributed by atoms with Gasteiger partial charge in [-0.1, -0.05) is 26.3 Å². The molecule has 0 aliphatic heterocycles. The summed E-state index contributed by atoms with van der Waals surface area (Å²) in [6, 6.07) is 4.94. The average Bonchev–Trinajstić information content (AvgIpc) is 2.48. The molecule has 0 radical (unpaired) electrons. The molecule has 0 aliphatic rings. The molecule has 0 bridgehead atoms. The van der Waals surface area contributed by atoms with E-state index in [0.29, 0.717) is 17.2 Å². The summed E-state index contributed by atoms with van der Waals surface area (Å²) in [5, 5.41) is 3.21. The lowest BCUT2D eigenvalue weighted by Gasteiger charge is -2.25. The van der Waals surface area contributed by atoms with E-state index in [1.807, 2.05) is 13.1 Å². The fourth-order valence-corrected chi connectivity index (χ4v) is 2.57. The first kappa shape index (κ1) is 17.9. The summed E-state index contributed by atoms with van der Waals surface area (Å²) < 4.78 is 19.4. The smallest absolute Gasteiger partial charge is 0.131 e. The summed E-state index contributed by atoms with van der Waals surface area (Å²) in [4.78, 5) is 2.31. The van der Waals surface area contributed by atoms with Gasteiger partial charge in [-0.15, -0.1) is 0 Å². The van der Waals surface area contributed by atoms with Crippen molar-refractivity contribution in [3.05, 3.63) is 29.6 Å². The fourth-order valence-electron chi connectivity index (χ4n) is 2.57. The molecule has 0 heterocycles. The number of methoxy groups -OCH3 is 1. The number of benzene rings is 1. The Labute approximate surface area is 128 Å². The van der Waals surface area contributed by atoms with Crippen molar-refractivity contribution in [3.8, 4) is 5.75 Å². The molecule has 2 atom stereocenters. The summed E-state index contributed by atoms with van der Waals surface area (Å²) in [5.74, 6) is 1.09. The van der Waals surface area contributed by atoms with Crippen molar-refractivity contribution < 1.29 is 9.13 Å². The second-order valence-corrected chi connectivity index (χ2v) is 5.76. The first-order valence-corrected chi connectivity index (χ1v) is 7.71. The minimum absolute atomic E-state index is 0.0412. The maximum atomic E-state index is 14.1. The summed E-state index contributed by atoms with van der Waals surface area (Å²) in [6.07, 6.45) is 2.03. The highest BCUT2D eigenvalue weighted by atomic mass is 19.1. The predicted octanol–water partition coefficient (Wildman–Crippen LogP) is 3.46. The van der Waals surface area contributed by atoms with Gasteiger partial charge < -0.3 is 15.0 Å². The maximum absolute atomic E-state index is 14.1. The van der Waals surface area contributed by atoms with Gasteiger partial charge in [0.2, 0.25) is 0 Å². The molecule has 0 aliphatic carbocycles. The molecule has 0 fully saturated rings. The lowest BCUT2D eigenvalue weighted by Crippen LogP contribution is -2.29. The molecule has 2 unspecified atom stereocenters. The van der Waals surface area contributed by atoms with Crippen LogP contribution in [0.5, 0.6) is 5.75 Å². The number of hydrogen-bond donors (Lipinski definition) is 1. The quantitative estimate of drug-likeness (QED) is 0.755. The molecule has 0 spiro atoms. The monoisotopic (exact) mass is 296 g/mol. The highest BCUT2D eigenvalue weighted by molar-refractivity contribution is 5.37. The van der Waals surface area contributed by atoms with Gasteiger partial charge in [0.25, 0.3) is 0 Å². The second-order valence-electron chi connectivity index (χ2n) is 5.76. The number of nitrogens with one attached hydrogen (secondary N) is 1. The minimum atomic E-state index is -0.210. The van der Waals surface area contributed by atoms with E-state index < -0.39 is 0 Å². The van der Waals surface area contributed by atoms with Gasteiger partial charge in [0.05, 0.1) is 7.11 Å². The normalized spacial score (nSPS) is 14.2. The minimum Gasteiger partial charge on any atom is -0.496 e. The molecule has 0 saturated heterocycles. The van der Waals surface area contributed by atoms with E-state index in [-0.39, 0.29) is 11.9 Å². The van der Waals surface area contributed by atoms with Crippen LogP contribution in [-0.4, -0.2) is 39.2 Å². The second kappa shape index (κ2) is 9.00. The van der Waals surface area contributed by atoms with Crippen LogP contribution in [0.25, 0.3) is 0 Å². The van der Waals surface area contributed by atoms with Crippen LogP contribution >= 0.6 is 0 Å². The van der Waals surface area contributed by atoms with E-state index >= 15 is 0 Å². The lowest BCUT2D eigenvalue weighted by atomic mass is 10.0. The molecule has 0 aromatic heterocycles. The Kier molecular flexibility index (Phi) is 7.68.